The molecule has 1 aliphatic rings. The van der Waals surface area contributed by atoms with Crippen LogP contribution in [0.5, 0.6) is 5.75 Å². The quantitative estimate of drug-likeness (QED) is 0.704. The van der Waals surface area contributed by atoms with Gasteiger partial charge in [0, 0.05) is 37.3 Å². The van der Waals surface area contributed by atoms with E-state index in [-0.39, 0.29) is 0 Å². The zero-order valence-corrected chi connectivity index (χ0v) is 16.7. The third kappa shape index (κ3) is 4.04. The van der Waals surface area contributed by atoms with Crippen molar-refractivity contribution in [1.82, 2.24) is 9.88 Å². The van der Waals surface area contributed by atoms with Gasteiger partial charge in [-0.2, -0.15) is 0 Å². The van der Waals surface area contributed by atoms with Crippen LogP contribution in [0.4, 0.5) is 11.5 Å². The predicted molar refractivity (Wildman–Crippen MR) is 116 cm³/mol. The van der Waals surface area contributed by atoms with E-state index in [9.17, 15) is 0 Å². The molecule has 0 radical (unpaired) electrons. The van der Waals surface area contributed by atoms with Crippen LogP contribution < -0.4 is 15.0 Å². The van der Waals surface area contributed by atoms with Crippen molar-refractivity contribution in [3.63, 3.8) is 0 Å². The van der Waals surface area contributed by atoms with E-state index < -0.39 is 0 Å². The molecule has 0 saturated carbocycles. The van der Waals surface area contributed by atoms with Gasteiger partial charge in [0.05, 0.1) is 19.3 Å². The number of benzene rings is 2. The average molecular weight is 377 g/mol. The largest absolute Gasteiger partial charge is 0.497 e. The Morgan fingerprint density at radius 3 is 2.46 bits per heavy atom. The van der Waals surface area contributed by atoms with Crippen LogP contribution in [0, 0.1) is 0 Å². The molecule has 0 aliphatic carbocycles. The molecule has 0 atom stereocenters. The lowest BCUT2D eigenvalue weighted by Crippen LogP contribution is -2.46. The number of ether oxygens (including phenoxy) is 1. The summed E-state index contributed by atoms with van der Waals surface area (Å²) in [6.07, 6.45) is 0. The molecule has 2 heterocycles. The lowest BCUT2D eigenvalue weighted by atomic mass is 10.1. The second-order valence-electron chi connectivity index (χ2n) is 7.16. The summed E-state index contributed by atoms with van der Waals surface area (Å²) >= 11 is 0. The number of fused-ring (bicyclic) bond motifs is 1. The number of pyridine rings is 1. The Morgan fingerprint density at radius 2 is 1.75 bits per heavy atom. The van der Waals surface area contributed by atoms with Gasteiger partial charge in [-0.1, -0.05) is 31.2 Å². The van der Waals surface area contributed by atoms with E-state index in [1.807, 2.05) is 24.3 Å². The van der Waals surface area contributed by atoms with Gasteiger partial charge in [-0.3, -0.25) is 0 Å². The maximum Gasteiger partial charge on any atom is 0.136 e. The normalized spacial score (nSPS) is 15.0. The highest BCUT2D eigenvalue weighted by Gasteiger charge is 2.19. The number of anilines is 2. The van der Waals surface area contributed by atoms with Crippen LogP contribution in [0.25, 0.3) is 10.8 Å². The van der Waals surface area contributed by atoms with Crippen molar-refractivity contribution in [2.45, 2.75) is 13.5 Å². The van der Waals surface area contributed by atoms with Crippen molar-refractivity contribution in [2.75, 3.05) is 50.1 Å². The van der Waals surface area contributed by atoms with Crippen LogP contribution in [-0.2, 0) is 6.54 Å². The third-order valence-electron chi connectivity index (χ3n) is 5.46. The zero-order valence-electron chi connectivity index (χ0n) is 16.7. The van der Waals surface area contributed by atoms with Crippen molar-refractivity contribution in [2.24, 2.45) is 0 Å². The maximum atomic E-state index is 5.23. The molecule has 146 valence electrons. The number of methoxy groups -OCH3 is 1. The van der Waals surface area contributed by atoms with Gasteiger partial charge in [-0.05, 0) is 42.3 Å². The number of piperazine rings is 1. The fraction of sp³-hybridized carbons (Fsp3) is 0.348. The molecule has 1 fully saturated rings. The van der Waals surface area contributed by atoms with Crippen molar-refractivity contribution < 1.29 is 4.74 Å². The van der Waals surface area contributed by atoms with Gasteiger partial charge in [-0.25, -0.2) is 4.98 Å². The summed E-state index contributed by atoms with van der Waals surface area (Å²) in [5.74, 6) is 1.98. The Kier molecular flexibility index (Phi) is 5.63. The van der Waals surface area contributed by atoms with E-state index in [1.54, 1.807) is 7.11 Å². The lowest BCUT2D eigenvalue weighted by Gasteiger charge is -2.35. The Bertz CT molecular complexity index is 918. The highest BCUT2D eigenvalue weighted by molar-refractivity contribution is 5.92. The fourth-order valence-corrected chi connectivity index (χ4v) is 3.74. The fourth-order valence-electron chi connectivity index (χ4n) is 3.74. The molecule has 5 heteroatoms. The van der Waals surface area contributed by atoms with Crippen LogP contribution >= 0.6 is 0 Å². The molecule has 1 aromatic heterocycles. The van der Waals surface area contributed by atoms with E-state index in [1.165, 1.54) is 10.8 Å². The topological polar surface area (TPSA) is 40.6 Å². The first-order valence-corrected chi connectivity index (χ1v) is 10.0. The summed E-state index contributed by atoms with van der Waals surface area (Å²) in [5.41, 5.74) is 2.12. The van der Waals surface area contributed by atoms with Gasteiger partial charge in [0.1, 0.15) is 11.6 Å². The Balaban J connectivity index is 1.56. The van der Waals surface area contributed by atoms with Gasteiger partial charge < -0.3 is 19.9 Å². The molecule has 5 nitrogen and oxygen atoms in total. The van der Waals surface area contributed by atoms with E-state index in [2.05, 4.69) is 52.4 Å². The SMILES string of the molecule is CCN1CCN(c2nc(CNc3ccc(OC)cc3)cc3ccccc23)CC1. The minimum atomic E-state index is 0.694. The molecular formula is C23H28N4O. The summed E-state index contributed by atoms with van der Waals surface area (Å²) < 4.78 is 5.23. The highest BCUT2D eigenvalue weighted by atomic mass is 16.5. The van der Waals surface area contributed by atoms with Gasteiger partial charge in [0.15, 0.2) is 0 Å². The van der Waals surface area contributed by atoms with Crippen LogP contribution in [0.1, 0.15) is 12.6 Å². The van der Waals surface area contributed by atoms with E-state index >= 15 is 0 Å². The molecule has 1 saturated heterocycles. The van der Waals surface area contributed by atoms with Crippen LogP contribution in [0.2, 0.25) is 0 Å². The number of likely N-dealkylation sites (N-methyl/N-ethyl adjacent to an activating group) is 1. The minimum absolute atomic E-state index is 0.694. The molecular weight excluding hydrogens is 348 g/mol. The van der Waals surface area contributed by atoms with Crippen molar-refractivity contribution in [3.05, 3.63) is 60.3 Å². The summed E-state index contributed by atoms with van der Waals surface area (Å²) in [5, 5.41) is 5.96. The molecule has 0 unspecified atom stereocenters. The van der Waals surface area contributed by atoms with Crippen molar-refractivity contribution in [1.29, 1.82) is 0 Å². The second-order valence-corrected chi connectivity index (χ2v) is 7.16. The first-order valence-electron chi connectivity index (χ1n) is 10.0. The van der Waals surface area contributed by atoms with Gasteiger partial charge in [-0.15, -0.1) is 0 Å². The van der Waals surface area contributed by atoms with E-state index in [0.29, 0.717) is 6.54 Å². The summed E-state index contributed by atoms with van der Waals surface area (Å²) in [6.45, 7) is 8.30. The monoisotopic (exact) mass is 376 g/mol. The third-order valence-corrected chi connectivity index (χ3v) is 5.46. The van der Waals surface area contributed by atoms with Gasteiger partial charge >= 0.3 is 0 Å². The predicted octanol–water partition coefficient (Wildman–Crippen LogP) is 4.00. The van der Waals surface area contributed by atoms with Crippen molar-refractivity contribution in [3.8, 4) is 5.75 Å². The van der Waals surface area contributed by atoms with Gasteiger partial charge in [0.2, 0.25) is 0 Å². The lowest BCUT2D eigenvalue weighted by molar-refractivity contribution is 0.270. The Labute approximate surface area is 166 Å². The number of hydrogen-bond donors (Lipinski definition) is 1. The van der Waals surface area contributed by atoms with E-state index in [0.717, 1.165) is 55.7 Å². The minimum Gasteiger partial charge on any atom is -0.497 e. The molecule has 28 heavy (non-hydrogen) atoms. The second kappa shape index (κ2) is 8.48. The smallest absolute Gasteiger partial charge is 0.136 e. The molecule has 0 spiro atoms. The molecule has 1 N–H and O–H groups in total. The molecule has 4 rings (SSSR count). The number of aromatic nitrogens is 1. The Hall–Kier alpha value is -2.79. The van der Waals surface area contributed by atoms with Crippen molar-refractivity contribution >= 4 is 22.3 Å². The van der Waals surface area contributed by atoms with E-state index in [4.69, 9.17) is 9.72 Å². The summed E-state index contributed by atoms with van der Waals surface area (Å²) in [4.78, 5) is 9.97. The average Bonchev–Trinajstić information content (AvgIpc) is 2.77. The number of rotatable bonds is 6. The Morgan fingerprint density at radius 1 is 1.00 bits per heavy atom. The first-order chi connectivity index (χ1) is 13.8. The zero-order chi connectivity index (χ0) is 19.3. The molecule has 1 aliphatic heterocycles. The first kappa shape index (κ1) is 18.6. The van der Waals surface area contributed by atoms with Crippen LogP contribution in [-0.4, -0.2) is 49.7 Å². The van der Waals surface area contributed by atoms with Crippen LogP contribution in [0.15, 0.2) is 54.6 Å². The van der Waals surface area contributed by atoms with Gasteiger partial charge in [0.25, 0.3) is 0 Å². The highest BCUT2D eigenvalue weighted by Crippen LogP contribution is 2.27. The molecule has 0 bridgehead atoms. The number of nitrogens with zero attached hydrogens (tertiary/aromatic N) is 3. The maximum absolute atomic E-state index is 5.23. The standard InChI is InChI=1S/C23H28N4O/c1-3-26-12-14-27(15-13-26)23-22-7-5-4-6-18(22)16-20(25-23)17-24-19-8-10-21(28-2)11-9-19/h4-11,16,24H,3,12-15,17H2,1-2H3. The molecule has 0 amide bonds. The number of nitrogens with one attached hydrogen (secondary N) is 1. The summed E-state index contributed by atoms with van der Waals surface area (Å²) in [7, 11) is 1.68. The number of hydrogen-bond acceptors (Lipinski definition) is 5. The van der Waals surface area contributed by atoms with Crippen LogP contribution in [0.3, 0.4) is 0 Å². The molecule has 2 aromatic carbocycles. The molecule has 3 aromatic rings. The summed E-state index contributed by atoms with van der Waals surface area (Å²) in [6, 6.07) is 18.8.